The smallest absolute Gasteiger partial charge is 0.205 e. The Morgan fingerprint density at radius 3 is 2.84 bits per heavy atom. The van der Waals surface area contributed by atoms with Crippen molar-refractivity contribution < 1.29 is 0 Å². The van der Waals surface area contributed by atoms with Gasteiger partial charge in [0.15, 0.2) is 0 Å². The first-order chi connectivity index (χ1) is 9.19. The molecule has 0 radical (unpaired) electrons. The van der Waals surface area contributed by atoms with Crippen molar-refractivity contribution in [3.05, 3.63) is 53.1 Å². The van der Waals surface area contributed by atoms with Gasteiger partial charge in [0.2, 0.25) is 5.95 Å². The van der Waals surface area contributed by atoms with Gasteiger partial charge in [0.05, 0.1) is 28.4 Å². The molecule has 0 bridgehead atoms. The molecule has 0 amide bonds. The van der Waals surface area contributed by atoms with Gasteiger partial charge in [0.25, 0.3) is 0 Å². The van der Waals surface area contributed by atoms with Gasteiger partial charge in [-0.3, -0.25) is 4.57 Å². The molecule has 2 aromatic carbocycles. The molecule has 0 aliphatic rings. The Labute approximate surface area is 114 Å². The molecule has 92 valence electrons. The first kappa shape index (κ1) is 11.6. The number of benzene rings is 2. The fourth-order valence-corrected chi connectivity index (χ4v) is 2.22. The molecular weight excluding hydrogens is 260 g/mol. The molecule has 19 heavy (non-hydrogen) atoms. The quantitative estimate of drug-likeness (QED) is 0.737. The maximum absolute atomic E-state index is 8.95. The Morgan fingerprint density at radius 1 is 1.21 bits per heavy atom. The molecular formula is C14H9ClN4. The molecule has 0 fully saturated rings. The first-order valence-corrected chi connectivity index (χ1v) is 6.01. The van der Waals surface area contributed by atoms with Crippen molar-refractivity contribution >= 4 is 28.6 Å². The maximum Gasteiger partial charge on any atom is 0.205 e. The van der Waals surface area contributed by atoms with Gasteiger partial charge in [-0.1, -0.05) is 17.7 Å². The monoisotopic (exact) mass is 268 g/mol. The van der Waals surface area contributed by atoms with Crippen molar-refractivity contribution in [2.75, 3.05) is 5.73 Å². The van der Waals surface area contributed by atoms with Gasteiger partial charge in [-0.25, -0.2) is 4.98 Å². The molecule has 0 aliphatic heterocycles. The van der Waals surface area contributed by atoms with Crippen molar-refractivity contribution in [1.29, 1.82) is 5.26 Å². The Bertz CT molecular complexity index is 814. The third-order valence-corrected chi connectivity index (χ3v) is 3.11. The van der Waals surface area contributed by atoms with E-state index >= 15 is 0 Å². The zero-order valence-electron chi connectivity index (χ0n) is 9.84. The summed E-state index contributed by atoms with van der Waals surface area (Å²) in [6, 6.07) is 14.7. The minimum atomic E-state index is 0.368. The van der Waals surface area contributed by atoms with Gasteiger partial charge in [-0.15, -0.1) is 0 Å². The number of anilines is 1. The highest BCUT2D eigenvalue weighted by molar-refractivity contribution is 6.31. The molecule has 1 aromatic heterocycles. The minimum absolute atomic E-state index is 0.368. The lowest BCUT2D eigenvalue weighted by molar-refractivity contribution is 1.11. The summed E-state index contributed by atoms with van der Waals surface area (Å²) in [6.45, 7) is 0. The van der Waals surface area contributed by atoms with E-state index in [4.69, 9.17) is 22.6 Å². The van der Waals surface area contributed by atoms with Crippen LogP contribution >= 0.6 is 11.6 Å². The Morgan fingerprint density at radius 2 is 2.05 bits per heavy atom. The highest BCUT2D eigenvalue weighted by Crippen LogP contribution is 2.25. The minimum Gasteiger partial charge on any atom is -0.369 e. The van der Waals surface area contributed by atoms with Gasteiger partial charge >= 0.3 is 0 Å². The van der Waals surface area contributed by atoms with Crippen molar-refractivity contribution in [1.82, 2.24) is 9.55 Å². The van der Waals surface area contributed by atoms with Crippen LogP contribution in [0.3, 0.4) is 0 Å². The first-order valence-electron chi connectivity index (χ1n) is 5.63. The van der Waals surface area contributed by atoms with E-state index in [-0.39, 0.29) is 0 Å². The number of aromatic nitrogens is 2. The van der Waals surface area contributed by atoms with E-state index in [0.29, 0.717) is 16.5 Å². The molecule has 3 aromatic rings. The highest BCUT2D eigenvalue weighted by Gasteiger charge is 2.10. The van der Waals surface area contributed by atoms with Gasteiger partial charge in [0, 0.05) is 5.02 Å². The molecule has 0 spiro atoms. The van der Waals surface area contributed by atoms with E-state index in [1.165, 1.54) is 0 Å². The lowest BCUT2D eigenvalue weighted by Gasteiger charge is -2.06. The molecule has 0 atom stereocenters. The fourth-order valence-electron chi connectivity index (χ4n) is 2.06. The van der Waals surface area contributed by atoms with Crippen LogP contribution in [-0.2, 0) is 0 Å². The number of rotatable bonds is 1. The Hall–Kier alpha value is -2.51. The predicted octanol–water partition coefficient (Wildman–Crippen LogP) is 3.13. The molecule has 0 unspecified atom stereocenters. The lowest BCUT2D eigenvalue weighted by Crippen LogP contribution is -2.00. The SMILES string of the molecule is N#Cc1cccc(-n2c(N)nc3cc(Cl)ccc32)c1. The lowest BCUT2D eigenvalue weighted by atomic mass is 10.2. The molecule has 2 N–H and O–H groups in total. The van der Waals surface area contributed by atoms with Crippen LogP contribution in [0, 0.1) is 11.3 Å². The zero-order chi connectivity index (χ0) is 13.4. The van der Waals surface area contributed by atoms with Crippen LogP contribution in [0.4, 0.5) is 5.95 Å². The number of hydrogen-bond acceptors (Lipinski definition) is 3. The van der Waals surface area contributed by atoms with Gasteiger partial charge in [-0.05, 0) is 36.4 Å². The van der Waals surface area contributed by atoms with Crippen LogP contribution in [0.25, 0.3) is 16.7 Å². The highest BCUT2D eigenvalue weighted by atomic mass is 35.5. The van der Waals surface area contributed by atoms with E-state index in [2.05, 4.69) is 11.1 Å². The van der Waals surface area contributed by atoms with Crippen molar-refractivity contribution in [2.45, 2.75) is 0 Å². The maximum atomic E-state index is 8.95. The molecule has 0 saturated carbocycles. The van der Waals surface area contributed by atoms with E-state index in [0.717, 1.165) is 16.7 Å². The molecule has 0 aliphatic carbocycles. The van der Waals surface area contributed by atoms with Crippen LogP contribution in [0.2, 0.25) is 5.02 Å². The number of nitrogens with zero attached hydrogens (tertiary/aromatic N) is 3. The number of fused-ring (bicyclic) bond motifs is 1. The number of halogens is 1. The third kappa shape index (κ3) is 1.90. The average Bonchev–Trinajstić information content (AvgIpc) is 2.73. The summed E-state index contributed by atoms with van der Waals surface area (Å²) in [6.07, 6.45) is 0. The van der Waals surface area contributed by atoms with Crippen LogP contribution in [0.15, 0.2) is 42.5 Å². The van der Waals surface area contributed by atoms with Crippen LogP contribution < -0.4 is 5.73 Å². The van der Waals surface area contributed by atoms with Gasteiger partial charge < -0.3 is 5.73 Å². The summed E-state index contributed by atoms with van der Waals surface area (Å²) in [5, 5.41) is 9.57. The average molecular weight is 269 g/mol. The Balaban J connectivity index is 2.30. The number of nitriles is 1. The van der Waals surface area contributed by atoms with E-state index in [1.807, 2.05) is 18.2 Å². The summed E-state index contributed by atoms with van der Waals surface area (Å²) in [5.41, 5.74) is 8.92. The second-order valence-electron chi connectivity index (χ2n) is 4.10. The van der Waals surface area contributed by atoms with E-state index in [9.17, 15) is 0 Å². The normalized spacial score (nSPS) is 10.5. The van der Waals surface area contributed by atoms with Crippen LogP contribution in [0.1, 0.15) is 5.56 Å². The van der Waals surface area contributed by atoms with E-state index < -0.39 is 0 Å². The van der Waals surface area contributed by atoms with Gasteiger partial charge in [-0.2, -0.15) is 5.26 Å². The summed E-state index contributed by atoms with van der Waals surface area (Å²) in [4.78, 5) is 4.28. The standard InChI is InChI=1S/C14H9ClN4/c15-10-4-5-13-12(7-10)18-14(17)19(13)11-3-1-2-9(6-11)8-16/h1-7H,(H2,17,18). The van der Waals surface area contributed by atoms with Crippen LogP contribution in [-0.4, -0.2) is 9.55 Å². The second-order valence-corrected chi connectivity index (χ2v) is 4.54. The van der Waals surface area contributed by atoms with Crippen molar-refractivity contribution in [2.24, 2.45) is 0 Å². The number of hydrogen-bond donors (Lipinski definition) is 1. The summed E-state index contributed by atoms with van der Waals surface area (Å²) in [5.74, 6) is 0.368. The topological polar surface area (TPSA) is 67.6 Å². The van der Waals surface area contributed by atoms with Crippen molar-refractivity contribution in [3.63, 3.8) is 0 Å². The number of imidazole rings is 1. The van der Waals surface area contributed by atoms with Gasteiger partial charge in [0.1, 0.15) is 0 Å². The summed E-state index contributed by atoms with van der Waals surface area (Å²) >= 11 is 5.94. The van der Waals surface area contributed by atoms with E-state index in [1.54, 1.807) is 28.8 Å². The second kappa shape index (κ2) is 4.30. The number of nitrogens with two attached hydrogens (primary N) is 1. The molecule has 0 saturated heterocycles. The largest absolute Gasteiger partial charge is 0.369 e. The predicted molar refractivity (Wildman–Crippen MR) is 75.2 cm³/mol. The number of nitrogen functional groups attached to an aromatic ring is 1. The molecule has 4 nitrogen and oxygen atoms in total. The third-order valence-electron chi connectivity index (χ3n) is 2.88. The fraction of sp³-hybridized carbons (Fsp3) is 0. The van der Waals surface area contributed by atoms with Crippen molar-refractivity contribution in [3.8, 4) is 11.8 Å². The Kier molecular flexibility index (Phi) is 2.62. The molecule has 3 rings (SSSR count). The summed E-state index contributed by atoms with van der Waals surface area (Å²) in [7, 11) is 0. The van der Waals surface area contributed by atoms with Crippen LogP contribution in [0.5, 0.6) is 0 Å². The zero-order valence-corrected chi connectivity index (χ0v) is 10.6. The molecule has 5 heteroatoms. The molecule has 1 heterocycles. The summed E-state index contributed by atoms with van der Waals surface area (Å²) < 4.78 is 1.80.